The summed E-state index contributed by atoms with van der Waals surface area (Å²) >= 11 is 0. The summed E-state index contributed by atoms with van der Waals surface area (Å²) in [6.45, 7) is 21.1. The highest BCUT2D eigenvalue weighted by atomic mass is 16.6. The average Bonchev–Trinajstić information content (AvgIpc) is 2.11. The van der Waals surface area contributed by atoms with Gasteiger partial charge in [-0.05, 0) is 44.4 Å². The third-order valence-electron chi connectivity index (χ3n) is 4.21. The van der Waals surface area contributed by atoms with E-state index in [1.54, 1.807) is 0 Å². The van der Waals surface area contributed by atoms with E-state index >= 15 is 0 Å². The molecule has 120 valence electrons. The lowest BCUT2D eigenvalue weighted by atomic mass is 9.61. The lowest BCUT2D eigenvalue weighted by Crippen LogP contribution is -2.47. The zero-order valence-corrected chi connectivity index (χ0v) is 15.4. The van der Waals surface area contributed by atoms with Crippen LogP contribution >= 0.6 is 0 Å². The maximum absolute atomic E-state index is 12.9. The van der Waals surface area contributed by atoms with Crippen LogP contribution in [0.4, 0.5) is 0 Å². The first-order chi connectivity index (χ1) is 8.65. The normalized spacial score (nSPS) is 16.7. The van der Waals surface area contributed by atoms with Gasteiger partial charge in [0.2, 0.25) is 0 Å². The summed E-state index contributed by atoms with van der Waals surface area (Å²) < 4.78 is 5.88. The molecule has 1 unspecified atom stereocenters. The molecule has 0 spiro atoms. The van der Waals surface area contributed by atoms with Crippen molar-refractivity contribution in [3.05, 3.63) is 0 Å². The van der Waals surface area contributed by atoms with Gasteiger partial charge in [0.1, 0.15) is 5.60 Å². The van der Waals surface area contributed by atoms with Crippen molar-refractivity contribution in [2.75, 3.05) is 0 Å². The van der Waals surface area contributed by atoms with Crippen LogP contribution in [0.25, 0.3) is 0 Å². The van der Waals surface area contributed by atoms with Crippen LogP contribution in [0.3, 0.4) is 0 Å². The van der Waals surface area contributed by atoms with Crippen LogP contribution in [0.5, 0.6) is 0 Å². The van der Waals surface area contributed by atoms with Gasteiger partial charge in [0, 0.05) is 0 Å². The van der Waals surface area contributed by atoms with Gasteiger partial charge in [-0.3, -0.25) is 4.79 Å². The molecule has 0 aliphatic heterocycles. The molecule has 0 heterocycles. The summed E-state index contributed by atoms with van der Waals surface area (Å²) in [5.74, 6) is -0.0571. The van der Waals surface area contributed by atoms with Crippen LogP contribution in [0.2, 0.25) is 0 Å². The van der Waals surface area contributed by atoms with Crippen LogP contribution in [0, 0.1) is 16.2 Å². The van der Waals surface area contributed by atoms with Crippen LogP contribution in [0.15, 0.2) is 0 Å². The fourth-order valence-corrected chi connectivity index (χ4v) is 2.72. The third-order valence-corrected chi connectivity index (χ3v) is 4.21. The van der Waals surface area contributed by atoms with Crippen molar-refractivity contribution in [1.82, 2.24) is 0 Å². The average molecular weight is 284 g/mol. The molecule has 0 rings (SSSR count). The maximum atomic E-state index is 12.9. The highest BCUT2D eigenvalue weighted by Gasteiger charge is 2.48. The lowest BCUT2D eigenvalue weighted by molar-refractivity contribution is -0.178. The monoisotopic (exact) mass is 284 g/mol. The van der Waals surface area contributed by atoms with Crippen molar-refractivity contribution in [1.29, 1.82) is 0 Å². The smallest absolute Gasteiger partial charge is 0.312 e. The van der Waals surface area contributed by atoms with Crippen molar-refractivity contribution < 1.29 is 9.53 Å². The highest BCUT2D eigenvalue weighted by Crippen LogP contribution is 2.48. The van der Waals surface area contributed by atoms with Gasteiger partial charge in [0.25, 0.3) is 0 Å². The maximum Gasteiger partial charge on any atom is 0.312 e. The minimum atomic E-state index is -0.476. The van der Waals surface area contributed by atoms with Crippen LogP contribution in [-0.4, -0.2) is 11.6 Å². The molecule has 2 nitrogen and oxygen atoms in total. The standard InChI is InChI=1S/C18H36O2/c1-11-12-17(8,9)20-14(19)18(10,16(5,6)7)13-15(2,3)4/h11-13H2,1-10H3. The van der Waals surface area contributed by atoms with Crippen molar-refractivity contribution >= 4 is 5.97 Å². The molecule has 0 amide bonds. The molecule has 0 fully saturated rings. The number of hydrogen-bond donors (Lipinski definition) is 0. The second kappa shape index (κ2) is 6.07. The molecule has 2 heteroatoms. The Morgan fingerprint density at radius 1 is 0.900 bits per heavy atom. The summed E-state index contributed by atoms with van der Waals surface area (Å²) in [6, 6.07) is 0. The highest BCUT2D eigenvalue weighted by molar-refractivity contribution is 5.78. The fraction of sp³-hybridized carbons (Fsp3) is 0.944. The van der Waals surface area contributed by atoms with Gasteiger partial charge in [-0.25, -0.2) is 0 Å². The largest absolute Gasteiger partial charge is 0.459 e. The van der Waals surface area contributed by atoms with E-state index in [9.17, 15) is 4.79 Å². The van der Waals surface area contributed by atoms with E-state index in [0.29, 0.717) is 0 Å². The van der Waals surface area contributed by atoms with Crippen LogP contribution < -0.4 is 0 Å². The number of carbonyl (C=O) groups excluding carboxylic acids is 1. The minimum absolute atomic E-state index is 0.0571. The molecular formula is C18H36O2. The van der Waals surface area contributed by atoms with Crippen LogP contribution in [-0.2, 0) is 9.53 Å². The Bertz CT molecular complexity index is 328. The molecule has 0 saturated carbocycles. The van der Waals surface area contributed by atoms with Gasteiger partial charge in [0.05, 0.1) is 5.41 Å². The number of esters is 1. The molecule has 0 aromatic heterocycles. The first kappa shape index (κ1) is 19.5. The molecule has 20 heavy (non-hydrogen) atoms. The first-order valence-electron chi connectivity index (χ1n) is 7.88. The van der Waals surface area contributed by atoms with Crippen molar-refractivity contribution in [2.45, 2.75) is 94.1 Å². The Hall–Kier alpha value is -0.530. The second-order valence-electron chi connectivity index (χ2n) is 9.22. The third kappa shape index (κ3) is 5.46. The Morgan fingerprint density at radius 2 is 1.35 bits per heavy atom. The molecule has 0 aliphatic rings. The van der Waals surface area contributed by atoms with E-state index in [0.717, 1.165) is 19.3 Å². The number of carbonyl (C=O) groups is 1. The minimum Gasteiger partial charge on any atom is -0.459 e. The van der Waals surface area contributed by atoms with E-state index in [2.05, 4.69) is 55.4 Å². The van der Waals surface area contributed by atoms with E-state index < -0.39 is 5.41 Å². The van der Waals surface area contributed by atoms with Crippen molar-refractivity contribution in [3.63, 3.8) is 0 Å². The zero-order chi connectivity index (χ0) is 16.4. The van der Waals surface area contributed by atoms with Gasteiger partial charge in [-0.15, -0.1) is 0 Å². The van der Waals surface area contributed by atoms with E-state index in [4.69, 9.17) is 4.74 Å². The molecule has 0 aromatic rings. The molecule has 0 saturated heterocycles. The predicted molar refractivity (Wildman–Crippen MR) is 86.7 cm³/mol. The fourth-order valence-electron chi connectivity index (χ4n) is 2.72. The number of hydrogen-bond acceptors (Lipinski definition) is 2. The van der Waals surface area contributed by atoms with E-state index in [1.165, 1.54) is 0 Å². The number of ether oxygens (including phenoxy) is 1. The van der Waals surface area contributed by atoms with Gasteiger partial charge in [-0.2, -0.15) is 0 Å². The topological polar surface area (TPSA) is 26.3 Å². The quantitative estimate of drug-likeness (QED) is 0.614. The summed E-state index contributed by atoms with van der Waals surface area (Å²) in [6.07, 6.45) is 2.74. The summed E-state index contributed by atoms with van der Waals surface area (Å²) in [7, 11) is 0. The Morgan fingerprint density at radius 3 is 1.65 bits per heavy atom. The van der Waals surface area contributed by atoms with Crippen LogP contribution in [0.1, 0.15) is 88.5 Å². The van der Waals surface area contributed by atoms with E-state index in [-0.39, 0.29) is 22.4 Å². The van der Waals surface area contributed by atoms with Crippen molar-refractivity contribution in [3.8, 4) is 0 Å². The molecule has 0 N–H and O–H groups in total. The lowest BCUT2D eigenvalue weighted by Gasteiger charge is -2.45. The summed E-state index contributed by atoms with van der Waals surface area (Å²) in [4.78, 5) is 12.9. The molecule has 0 bridgehead atoms. The second-order valence-corrected chi connectivity index (χ2v) is 9.22. The number of rotatable bonds is 5. The van der Waals surface area contributed by atoms with E-state index in [1.807, 2.05) is 13.8 Å². The zero-order valence-electron chi connectivity index (χ0n) is 15.4. The first-order valence-corrected chi connectivity index (χ1v) is 7.88. The van der Waals surface area contributed by atoms with Crippen molar-refractivity contribution in [2.24, 2.45) is 16.2 Å². The Labute approximate surface area is 126 Å². The van der Waals surface area contributed by atoms with Gasteiger partial charge >= 0.3 is 5.97 Å². The Kier molecular flexibility index (Phi) is 5.91. The van der Waals surface area contributed by atoms with Gasteiger partial charge in [0.15, 0.2) is 0 Å². The molecule has 0 aromatic carbocycles. The Balaban J connectivity index is 5.31. The molecular weight excluding hydrogens is 248 g/mol. The molecule has 0 aliphatic carbocycles. The summed E-state index contributed by atoms with van der Waals surface area (Å²) in [5.41, 5.74) is -0.887. The van der Waals surface area contributed by atoms with Gasteiger partial charge in [-0.1, -0.05) is 54.9 Å². The predicted octanol–water partition coefficient (Wildman–Crippen LogP) is 5.60. The molecule has 1 atom stereocenters. The summed E-state index contributed by atoms with van der Waals surface area (Å²) in [5, 5.41) is 0. The molecule has 0 radical (unpaired) electrons. The van der Waals surface area contributed by atoms with Gasteiger partial charge < -0.3 is 4.74 Å². The SMILES string of the molecule is CCCC(C)(C)OC(=O)C(C)(CC(C)(C)C)C(C)(C)C.